The van der Waals surface area contributed by atoms with E-state index in [9.17, 15) is 9.59 Å². The highest BCUT2D eigenvalue weighted by Gasteiger charge is 2.21. The van der Waals surface area contributed by atoms with E-state index < -0.39 is 11.9 Å². The number of esters is 1. The number of carbonyl (C=O) groups excluding carboxylic acids is 2. The summed E-state index contributed by atoms with van der Waals surface area (Å²) >= 11 is 0. The molecule has 2 aromatic rings. The molecule has 0 saturated heterocycles. The van der Waals surface area contributed by atoms with Gasteiger partial charge in [-0.2, -0.15) is 0 Å². The number of nitrogens with one attached hydrogen (secondary N) is 2. The molecule has 0 aromatic heterocycles. The highest BCUT2D eigenvalue weighted by Crippen LogP contribution is 2.39. The first-order chi connectivity index (χ1) is 15.4. The van der Waals surface area contributed by atoms with Gasteiger partial charge in [-0.3, -0.25) is 4.79 Å². The second-order valence-corrected chi connectivity index (χ2v) is 6.26. The van der Waals surface area contributed by atoms with Gasteiger partial charge in [0.1, 0.15) is 23.0 Å². The van der Waals surface area contributed by atoms with Gasteiger partial charge in [-0.25, -0.2) is 4.79 Å². The van der Waals surface area contributed by atoms with Gasteiger partial charge in [0.2, 0.25) is 0 Å². The van der Waals surface area contributed by atoms with E-state index in [2.05, 4.69) is 21.9 Å². The molecule has 9 nitrogen and oxygen atoms in total. The van der Waals surface area contributed by atoms with Crippen LogP contribution in [0.25, 0.3) is 5.57 Å². The Balaban J connectivity index is 2.29. The molecular weight excluding hydrogens is 416 g/mol. The number of hydrogen-bond donors (Lipinski definition) is 2. The van der Waals surface area contributed by atoms with E-state index in [0.29, 0.717) is 39.9 Å². The molecule has 9 heteroatoms. The molecule has 170 valence electrons. The smallest absolute Gasteiger partial charge is 0.331 e. The van der Waals surface area contributed by atoms with Crippen LogP contribution in [0, 0.1) is 0 Å². The van der Waals surface area contributed by atoms with Crippen LogP contribution in [-0.4, -0.2) is 47.4 Å². The first kappa shape index (κ1) is 24.1. The van der Waals surface area contributed by atoms with Crippen molar-refractivity contribution in [3.05, 3.63) is 54.8 Å². The average Bonchev–Trinajstić information content (AvgIpc) is 2.82. The van der Waals surface area contributed by atoms with Gasteiger partial charge in [0, 0.05) is 35.7 Å². The van der Waals surface area contributed by atoms with Crippen molar-refractivity contribution in [2.45, 2.75) is 0 Å². The Morgan fingerprint density at radius 2 is 1.50 bits per heavy atom. The zero-order valence-electron chi connectivity index (χ0n) is 18.6. The molecule has 2 aromatic carbocycles. The number of benzene rings is 2. The van der Waals surface area contributed by atoms with Crippen LogP contribution in [0.1, 0.15) is 5.56 Å². The van der Waals surface area contributed by atoms with Gasteiger partial charge in [-0.1, -0.05) is 6.58 Å². The number of anilines is 2. The molecule has 0 bridgehead atoms. The third-order valence-corrected chi connectivity index (χ3v) is 4.41. The second-order valence-electron chi connectivity index (χ2n) is 6.26. The maximum absolute atomic E-state index is 12.9. The van der Waals surface area contributed by atoms with Crippen LogP contribution in [-0.2, 0) is 14.3 Å². The highest BCUT2D eigenvalue weighted by atomic mass is 16.5. The molecular formula is C23H26N2O7. The first-order valence-corrected chi connectivity index (χ1v) is 9.38. The van der Waals surface area contributed by atoms with Crippen LogP contribution in [0.5, 0.6) is 23.0 Å². The fourth-order valence-corrected chi connectivity index (χ4v) is 2.79. The van der Waals surface area contributed by atoms with Crippen molar-refractivity contribution < 1.29 is 33.3 Å². The number of carbonyl (C=O) groups is 2. The molecule has 0 heterocycles. The third-order valence-electron chi connectivity index (χ3n) is 4.41. The van der Waals surface area contributed by atoms with Crippen molar-refractivity contribution in [2.24, 2.45) is 0 Å². The summed E-state index contributed by atoms with van der Waals surface area (Å²) in [6, 6.07) is 8.26. The topological polar surface area (TPSA) is 104 Å². The molecule has 2 N–H and O–H groups in total. The molecule has 0 aliphatic heterocycles. The van der Waals surface area contributed by atoms with Crippen molar-refractivity contribution >= 4 is 28.8 Å². The molecule has 2 rings (SSSR count). The molecule has 0 saturated carbocycles. The third kappa shape index (κ3) is 5.72. The lowest BCUT2D eigenvalue weighted by Crippen LogP contribution is -2.14. The predicted molar refractivity (Wildman–Crippen MR) is 122 cm³/mol. The maximum atomic E-state index is 12.9. The predicted octanol–water partition coefficient (Wildman–Crippen LogP) is 3.47. The molecule has 0 aliphatic carbocycles. The van der Waals surface area contributed by atoms with Crippen molar-refractivity contribution in [2.75, 3.05) is 46.2 Å². The molecule has 0 unspecified atom stereocenters. The van der Waals surface area contributed by atoms with E-state index in [0.717, 1.165) is 0 Å². The monoisotopic (exact) mass is 442 g/mol. The summed E-state index contributed by atoms with van der Waals surface area (Å²) in [6.07, 6.45) is 2.62. The van der Waals surface area contributed by atoms with E-state index in [1.165, 1.54) is 47.8 Å². The largest absolute Gasteiger partial charge is 0.496 e. The Morgan fingerprint density at radius 3 is 2.03 bits per heavy atom. The fourth-order valence-electron chi connectivity index (χ4n) is 2.79. The van der Waals surface area contributed by atoms with Crippen molar-refractivity contribution in [3.8, 4) is 23.0 Å². The Kier molecular flexibility index (Phi) is 8.53. The summed E-state index contributed by atoms with van der Waals surface area (Å²) in [7, 11) is 7.26. The summed E-state index contributed by atoms with van der Waals surface area (Å²) in [6.45, 7) is 3.91. The van der Waals surface area contributed by atoms with E-state index in [4.69, 9.17) is 18.9 Å². The van der Waals surface area contributed by atoms with Gasteiger partial charge in [-0.05, 0) is 18.2 Å². The molecule has 1 amide bonds. The Hall–Kier alpha value is -4.14. The Morgan fingerprint density at radius 1 is 0.875 bits per heavy atom. The lowest BCUT2D eigenvalue weighted by atomic mass is 10.0. The second kappa shape index (κ2) is 11.3. The molecule has 32 heavy (non-hydrogen) atoms. The van der Waals surface area contributed by atoms with Crippen molar-refractivity contribution in [1.82, 2.24) is 0 Å². The van der Waals surface area contributed by atoms with Gasteiger partial charge in [0.15, 0.2) is 0 Å². The van der Waals surface area contributed by atoms with E-state index in [1.807, 2.05) is 0 Å². The number of methoxy groups -OCH3 is 5. The molecule has 0 radical (unpaired) electrons. The minimum atomic E-state index is -0.514. The van der Waals surface area contributed by atoms with Crippen LogP contribution >= 0.6 is 0 Å². The van der Waals surface area contributed by atoms with Crippen molar-refractivity contribution in [1.29, 1.82) is 0 Å². The number of hydrogen-bond acceptors (Lipinski definition) is 8. The Bertz CT molecular complexity index is 1010. The van der Waals surface area contributed by atoms with Crippen LogP contribution in [0.15, 0.2) is 49.2 Å². The minimum absolute atomic E-state index is 0.136. The van der Waals surface area contributed by atoms with Crippen LogP contribution < -0.4 is 29.6 Å². The van der Waals surface area contributed by atoms with E-state index >= 15 is 0 Å². The maximum Gasteiger partial charge on any atom is 0.331 e. The lowest BCUT2D eigenvalue weighted by Gasteiger charge is -2.17. The van der Waals surface area contributed by atoms with Gasteiger partial charge in [0.25, 0.3) is 5.91 Å². The molecule has 0 fully saturated rings. The fraction of sp³-hybridized carbons (Fsp3) is 0.217. The van der Waals surface area contributed by atoms with E-state index in [-0.39, 0.29) is 5.57 Å². The zero-order chi connectivity index (χ0) is 23.7. The van der Waals surface area contributed by atoms with E-state index in [1.54, 1.807) is 30.3 Å². The Labute approximate surface area is 186 Å². The summed E-state index contributed by atoms with van der Waals surface area (Å²) in [5, 5.41) is 5.70. The van der Waals surface area contributed by atoms with Crippen molar-refractivity contribution in [3.63, 3.8) is 0 Å². The van der Waals surface area contributed by atoms with Crippen LogP contribution in [0.3, 0.4) is 0 Å². The van der Waals surface area contributed by atoms with Crippen LogP contribution in [0.4, 0.5) is 11.4 Å². The quantitative estimate of drug-likeness (QED) is 0.426. The van der Waals surface area contributed by atoms with Crippen LogP contribution in [0.2, 0.25) is 0 Å². The number of amides is 1. The number of ether oxygens (including phenoxy) is 5. The SMILES string of the molecule is C=C(C(=O)Nc1ccc(OC)c(NC=CC(=O)OC)c1)c1c(OC)cc(OC)cc1OC. The normalized spacial score (nSPS) is 10.3. The summed E-state index contributed by atoms with van der Waals surface area (Å²) in [5.41, 5.74) is 1.53. The summed E-state index contributed by atoms with van der Waals surface area (Å²) in [5.74, 6) is 0.807. The highest BCUT2D eigenvalue weighted by molar-refractivity contribution is 6.26. The molecule has 0 aliphatic rings. The standard InChI is InChI=1S/C23H26N2O7/c1-14(22-19(30-4)12-16(28-2)13-20(22)31-5)23(27)25-15-7-8-18(29-3)17(11-15)24-10-9-21(26)32-6/h7-13,24H,1H2,2-6H3,(H,25,27). The van der Waals surface area contributed by atoms with Gasteiger partial charge < -0.3 is 34.3 Å². The van der Waals surface area contributed by atoms with Gasteiger partial charge >= 0.3 is 5.97 Å². The molecule has 0 atom stereocenters. The zero-order valence-corrected chi connectivity index (χ0v) is 18.6. The lowest BCUT2D eigenvalue weighted by molar-refractivity contribution is -0.134. The minimum Gasteiger partial charge on any atom is -0.496 e. The summed E-state index contributed by atoms with van der Waals surface area (Å²) < 4.78 is 25.9. The van der Waals surface area contributed by atoms with Gasteiger partial charge in [0.05, 0.1) is 46.8 Å². The summed E-state index contributed by atoms with van der Waals surface area (Å²) in [4.78, 5) is 24.2. The average molecular weight is 442 g/mol. The molecule has 0 spiro atoms. The first-order valence-electron chi connectivity index (χ1n) is 9.38. The van der Waals surface area contributed by atoms with Gasteiger partial charge in [-0.15, -0.1) is 0 Å². The number of rotatable bonds is 10.